The van der Waals surface area contributed by atoms with Crippen molar-refractivity contribution in [3.8, 4) is 11.1 Å². The Morgan fingerprint density at radius 3 is 1.46 bits per heavy atom. The maximum atomic E-state index is 3.15. The van der Waals surface area contributed by atoms with Crippen LogP contribution in [0.3, 0.4) is 0 Å². The molecule has 0 fully saturated rings. The van der Waals surface area contributed by atoms with Gasteiger partial charge in [-0.2, -0.15) is 48.5 Å². The van der Waals surface area contributed by atoms with E-state index in [1.54, 1.807) is 0 Å². The number of hydrogen-bond acceptors (Lipinski definition) is 0. The van der Waals surface area contributed by atoms with Crippen LogP contribution in [0, 0.1) is 12.1 Å². The Bertz CT molecular complexity index is 303. The van der Waals surface area contributed by atoms with E-state index in [-0.39, 0.29) is 21.1 Å². The Morgan fingerprint density at radius 1 is 0.692 bits per heavy atom. The van der Waals surface area contributed by atoms with Gasteiger partial charge in [0.25, 0.3) is 0 Å². The van der Waals surface area contributed by atoms with Gasteiger partial charge in [0.2, 0.25) is 0 Å². The second-order valence-corrected chi connectivity index (χ2v) is 2.55. The van der Waals surface area contributed by atoms with Gasteiger partial charge in [0.15, 0.2) is 0 Å². The van der Waals surface area contributed by atoms with Crippen molar-refractivity contribution in [1.29, 1.82) is 0 Å². The molecule has 2 aromatic rings. The first-order valence-corrected chi connectivity index (χ1v) is 3.90. The molecule has 0 aliphatic heterocycles. The summed E-state index contributed by atoms with van der Waals surface area (Å²) in [5.41, 5.74) is 2.19. The molecule has 0 atom stereocenters. The zero-order chi connectivity index (χ0) is 8.23. The summed E-state index contributed by atoms with van der Waals surface area (Å²) in [6.07, 6.45) is 0. The fraction of sp³-hybridized carbons (Fsp3) is 0. The summed E-state index contributed by atoms with van der Waals surface area (Å²) in [6, 6.07) is 22.1. The van der Waals surface area contributed by atoms with Crippen LogP contribution < -0.4 is 0 Å². The van der Waals surface area contributed by atoms with E-state index < -0.39 is 0 Å². The van der Waals surface area contributed by atoms with E-state index in [9.17, 15) is 0 Å². The molecule has 0 aliphatic rings. The van der Waals surface area contributed by atoms with Gasteiger partial charge in [-0.25, -0.2) is 11.1 Å². The van der Waals surface area contributed by atoms with E-state index in [1.165, 1.54) is 0 Å². The van der Waals surface area contributed by atoms with Crippen LogP contribution in [-0.2, 0) is 21.1 Å². The predicted molar refractivity (Wildman–Crippen MR) is 49.6 cm³/mol. The second-order valence-electron chi connectivity index (χ2n) is 2.55. The van der Waals surface area contributed by atoms with Crippen molar-refractivity contribution in [1.82, 2.24) is 0 Å². The molecule has 0 nitrogen and oxygen atoms in total. The van der Waals surface area contributed by atoms with Crippen molar-refractivity contribution < 1.29 is 21.1 Å². The van der Waals surface area contributed by atoms with Crippen molar-refractivity contribution in [2.45, 2.75) is 0 Å². The zero-order valence-electron chi connectivity index (χ0n) is 6.94. The quantitative estimate of drug-likeness (QED) is 0.696. The van der Waals surface area contributed by atoms with E-state index in [4.69, 9.17) is 0 Å². The first-order valence-electron chi connectivity index (χ1n) is 3.90. The van der Waals surface area contributed by atoms with Gasteiger partial charge in [-0.1, -0.05) is 0 Å². The standard InChI is InChI=1S/C12H8.Pt/c1-3-7-11(8-4-1)12-9-5-2-6-10-12;/h1-7,9H;/q-2;+2. The Labute approximate surface area is 92.9 Å². The third-order valence-electron chi connectivity index (χ3n) is 1.71. The van der Waals surface area contributed by atoms with Gasteiger partial charge in [0, 0.05) is 0 Å². The number of benzene rings is 2. The molecule has 1 heteroatoms. The topological polar surface area (TPSA) is 0 Å². The van der Waals surface area contributed by atoms with Crippen LogP contribution in [0.1, 0.15) is 0 Å². The average molecular weight is 347 g/mol. The fourth-order valence-electron chi connectivity index (χ4n) is 1.12. The zero-order valence-corrected chi connectivity index (χ0v) is 9.21. The summed E-state index contributed by atoms with van der Waals surface area (Å²) in [4.78, 5) is 0. The van der Waals surface area contributed by atoms with E-state index >= 15 is 0 Å². The van der Waals surface area contributed by atoms with Crippen molar-refractivity contribution in [3.63, 3.8) is 0 Å². The third kappa shape index (κ3) is 2.53. The SMILES string of the molecule is [Pt+2].[c-]1ccccc1-c1[c-]cccc1. The smallest absolute Gasteiger partial charge is 0.226 e. The molecule has 0 bridgehead atoms. The normalized spacial score (nSPS) is 8.92. The van der Waals surface area contributed by atoms with Crippen molar-refractivity contribution in [3.05, 3.63) is 60.7 Å². The number of hydrogen-bond donors (Lipinski definition) is 0. The molecule has 2 aromatic carbocycles. The minimum Gasteiger partial charge on any atom is -0.226 e. The molecule has 0 N–H and O–H groups in total. The second kappa shape index (κ2) is 4.99. The Hall–Kier alpha value is -0.872. The van der Waals surface area contributed by atoms with Crippen LogP contribution in [0.2, 0.25) is 0 Å². The molecule has 0 amide bonds. The molecule has 66 valence electrons. The monoisotopic (exact) mass is 347 g/mol. The van der Waals surface area contributed by atoms with Gasteiger partial charge in [-0.05, 0) is 0 Å². The largest absolute Gasteiger partial charge is 2.00 e. The summed E-state index contributed by atoms with van der Waals surface area (Å²) < 4.78 is 0. The van der Waals surface area contributed by atoms with E-state index in [1.807, 2.05) is 48.5 Å². The predicted octanol–water partition coefficient (Wildman–Crippen LogP) is 2.95. The molecule has 13 heavy (non-hydrogen) atoms. The summed E-state index contributed by atoms with van der Waals surface area (Å²) in [7, 11) is 0. The van der Waals surface area contributed by atoms with Crippen LogP contribution in [0.5, 0.6) is 0 Å². The van der Waals surface area contributed by atoms with Crippen molar-refractivity contribution in [2.24, 2.45) is 0 Å². The molecule has 0 aromatic heterocycles. The summed E-state index contributed by atoms with van der Waals surface area (Å²) in [5, 5.41) is 0. The van der Waals surface area contributed by atoms with Crippen LogP contribution in [0.15, 0.2) is 48.5 Å². The molecule has 0 saturated heterocycles. The van der Waals surface area contributed by atoms with Crippen molar-refractivity contribution in [2.75, 3.05) is 0 Å². The molecule has 0 unspecified atom stereocenters. The third-order valence-corrected chi connectivity index (χ3v) is 1.71. The van der Waals surface area contributed by atoms with Gasteiger partial charge < -0.3 is 0 Å². The van der Waals surface area contributed by atoms with Gasteiger partial charge in [-0.3, -0.25) is 0 Å². The van der Waals surface area contributed by atoms with Crippen molar-refractivity contribution >= 4 is 0 Å². The van der Waals surface area contributed by atoms with Gasteiger partial charge >= 0.3 is 21.1 Å². The van der Waals surface area contributed by atoms with Crippen LogP contribution >= 0.6 is 0 Å². The maximum Gasteiger partial charge on any atom is 2.00 e. The minimum atomic E-state index is 0. The fourth-order valence-corrected chi connectivity index (χ4v) is 1.12. The molecule has 0 spiro atoms. The summed E-state index contributed by atoms with van der Waals surface area (Å²) >= 11 is 0. The van der Waals surface area contributed by atoms with E-state index in [0.717, 1.165) is 11.1 Å². The maximum absolute atomic E-state index is 3.15. The van der Waals surface area contributed by atoms with Crippen LogP contribution in [0.25, 0.3) is 11.1 Å². The summed E-state index contributed by atoms with van der Waals surface area (Å²) in [6.45, 7) is 0. The Morgan fingerprint density at radius 2 is 1.15 bits per heavy atom. The van der Waals surface area contributed by atoms with Gasteiger partial charge in [0.1, 0.15) is 0 Å². The van der Waals surface area contributed by atoms with Crippen LogP contribution in [0.4, 0.5) is 0 Å². The van der Waals surface area contributed by atoms with E-state index in [2.05, 4.69) is 12.1 Å². The van der Waals surface area contributed by atoms with Gasteiger partial charge in [0.05, 0.1) is 0 Å². The molecule has 2 rings (SSSR count). The Kier molecular flexibility index (Phi) is 3.92. The molecule has 0 heterocycles. The molecular formula is C12H8Pt. The summed E-state index contributed by atoms with van der Waals surface area (Å²) in [5.74, 6) is 0. The first-order chi connectivity index (χ1) is 5.97. The number of rotatable bonds is 1. The van der Waals surface area contributed by atoms with Crippen LogP contribution in [-0.4, -0.2) is 0 Å². The first kappa shape index (κ1) is 10.2. The minimum absolute atomic E-state index is 0. The molecule has 0 radical (unpaired) electrons. The van der Waals surface area contributed by atoms with E-state index in [0.29, 0.717) is 0 Å². The molecular weight excluding hydrogens is 339 g/mol. The molecule has 0 aliphatic carbocycles. The average Bonchev–Trinajstić information content (AvgIpc) is 2.21. The Balaban J connectivity index is 0.000000845. The molecule has 0 saturated carbocycles. The van der Waals surface area contributed by atoms with Gasteiger partial charge in [-0.15, -0.1) is 12.1 Å².